The smallest absolute Gasteiger partial charge is 0.303 e. The Bertz CT molecular complexity index is 439. The van der Waals surface area contributed by atoms with Crippen molar-refractivity contribution in [3.63, 3.8) is 0 Å². The third-order valence-corrected chi connectivity index (χ3v) is 2.28. The highest BCUT2D eigenvalue weighted by Gasteiger charge is 2.12. The number of carbonyl (C=O) groups excluding carboxylic acids is 1. The molecule has 6 nitrogen and oxygen atoms in total. The maximum atomic E-state index is 11.6. The summed E-state index contributed by atoms with van der Waals surface area (Å²) in [5.41, 5.74) is 0.113. The van der Waals surface area contributed by atoms with E-state index in [-0.39, 0.29) is 28.8 Å². The topological polar surface area (TPSA) is 92.2 Å². The van der Waals surface area contributed by atoms with E-state index in [1.807, 2.05) is 0 Å². The van der Waals surface area contributed by atoms with Crippen molar-refractivity contribution in [3.05, 3.63) is 21.9 Å². The van der Waals surface area contributed by atoms with E-state index in [4.69, 9.17) is 28.3 Å². The van der Waals surface area contributed by atoms with Gasteiger partial charge in [0.15, 0.2) is 10.3 Å². The minimum absolute atomic E-state index is 0.0106. The first kappa shape index (κ1) is 13.7. The van der Waals surface area contributed by atoms with Gasteiger partial charge in [0.1, 0.15) is 0 Å². The lowest BCUT2D eigenvalue weighted by atomic mass is 10.2. The van der Waals surface area contributed by atoms with E-state index in [1.165, 1.54) is 6.07 Å². The van der Waals surface area contributed by atoms with Crippen LogP contribution in [-0.4, -0.2) is 33.7 Å². The molecule has 17 heavy (non-hydrogen) atoms. The average molecular weight is 278 g/mol. The number of rotatable bonds is 5. The molecule has 0 atom stereocenters. The molecule has 0 bridgehead atoms. The fourth-order valence-electron chi connectivity index (χ4n) is 1.05. The highest BCUT2D eigenvalue weighted by atomic mass is 35.5. The molecular formula is C9H9Cl2N3O3. The number of halogens is 2. The van der Waals surface area contributed by atoms with Crippen LogP contribution in [0.15, 0.2) is 6.07 Å². The molecule has 0 saturated carbocycles. The minimum atomic E-state index is -0.911. The van der Waals surface area contributed by atoms with Crippen molar-refractivity contribution in [2.45, 2.75) is 12.8 Å². The van der Waals surface area contributed by atoms with E-state index in [2.05, 4.69) is 15.5 Å². The maximum absolute atomic E-state index is 11.6. The largest absolute Gasteiger partial charge is 0.481 e. The van der Waals surface area contributed by atoms with Crippen molar-refractivity contribution < 1.29 is 14.7 Å². The van der Waals surface area contributed by atoms with Gasteiger partial charge in [0.05, 0.1) is 5.56 Å². The number of carbonyl (C=O) groups is 2. The Kier molecular flexibility index (Phi) is 5.11. The summed E-state index contributed by atoms with van der Waals surface area (Å²) in [4.78, 5) is 21.8. The molecule has 0 unspecified atom stereocenters. The first-order valence-electron chi connectivity index (χ1n) is 4.69. The maximum Gasteiger partial charge on any atom is 0.303 e. The summed E-state index contributed by atoms with van der Waals surface area (Å²) in [6.45, 7) is 0.238. The fourth-order valence-corrected chi connectivity index (χ4v) is 1.37. The van der Waals surface area contributed by atoms with E-state index in [0.717, 1.165) is 0 Å². The van der Waals surface area contributed by atoms with Crippen LogP contribution >= 0.6 is 23.2 Å². The molecule has 1 aromatic rings. The predicted octanol–water partition coefficient (Wildman–Crippen LogP) is 1.38. The number of aromatic nitrogens is 2. The lowest BCUT2D eigenvalue weighted by molar-refractivity contribution is -0.137. The molecule has 1 aromatic heterocycles. The number of carboxylic acid groups (broad SMARTS) is 1. The molecule has 1 heterocycles. The molecule has 0 saturated heterocycles. The molecule has 0 radical (unpaired) electrons. The van der Waals surface area contributed by atoms with Crippen LogP contribution in [0.3, 0.4) is 0 Å². The molecule has 0 fully saturated rings. The summed E-state index contributed by atoms with van der Waals surface area (Å²) in [5, 5.41) is 17.9. The van der Waals surface area contributed by atoms with Gasteiger partial charge in [-0.05, 0) is 12.5 Å². The van der Waals surface area contributed by atoms with Crippen molar-refractivity contribution in [1.29, 1.82) is 0 Å². The Morgan fingerprint density at radius 1 is 1.35 bits per heavy atom. The summed E-state index contributed by atoms with van der Waals surface area (Å²) in [7, 11) is 0. The zero-order valence-corrected chi connectivity index (χ0v) is 10.1. The second kappa shape index (κ2) is 6.36. The van der Waals surface area contributed by atoms with Gasteiger partial charge in [-0.1, -0.05) is 23.2 Å². The molecule has 92 valence electrons. The van der Waals surface area contributed by atoms with Gasteiger partial charge in [-0.2, -0.15) is 0 Å². The van der Waals surface area contributed by atoms with Gasteiger partial charge in [-0.15, -0.1) is 10.2 Å². The number of amides is 1. The number of nitrogens with zero attached hydrogens (tertiary/aromatic N) is 2. The first-order valence-corrected chi connectivity index (χ1v) is 5.45. The van der Waals surface area contributed by atoms with Gasteiger partial charge in [0.25, 0.3) is 5.91 Å². The number of carboxylic acids is 1. The van der Waals surface area contributed by atoms with Crippen LogP contribution in [0, 0.1) is 0 Å². The Labute approximate surface area is 107 Å². The van der Waals surface area contributed by atoms with Gasteiger partial charge in [0.2, 0.25) is 0 Å². The molecule has 0 aromatic carbocycles. The molecule has 0 aliphatic rings. The summed E-state index contributed by atoms with van der Waals surface area (Å²) < 4.78 is 0. The second-order valence-electron chi connectivity index (χ2n) is 3.12. The van der Waals surface area contributed by atoms with Crippen LogP contribution in [0.25, 0.3) is 0 Å². The molecule has 0 aliphatic carbocycles. The summed E-state index contributed by atoms with van der Waals surface area (Å²) in [6, 6.07) is 1.30. The Hall–Kier alpha value is -1.40. The molecule has 0 spiro atoms. The van der Waals surface area contributed by atoms with E-state index in [9.17, 15) is 9.59 Å². The summed E-state index contributed by atoms with van der Waals surface area (Å²) in [5.74, 6) is -1.37. The van der Waals surface area contributed by atoms with E-state index in [1.54, 1.807) is 0 Å². The Morgan fingerprint density at radius 2 is 2.06 bits per heavy atom. The van der Waals surface area contributed by atoms with Crippen LogP contribution < -0.4 is 5.32 Å². The van der Waals surface area contributed by atoms with Crippen molar-refractivity contribution in [1.82, 2.24) is 15.5 Å². The molecule has 1 rings (SSSR count). The third-order valence-electron chi connectivity index (χ3n) is 1.82. The van der Waals surface area contributed by atoms with Crippen molar-refractivity contribution >= 4 is 35.1 Å². The van der Waals surface area contributed by atoms with Crippen LogP contribution in [0.4, 0.5) is 0 Å². The Morgan fingerprint density at radius 3 is 2.71 bits per heavy atom. The van der Waals surface area contributed by atoms with Crippen LogP contribution in [0.5, 0.6) is 0 Å². The Balaban J connectivity index is 2.52. The zero-order valence-electron chi connectivity index (χ0n) is 8.61. The normalized spacial score (nSPS) is 10.0. The van der Waals surface area contributed by atoms with Crippen molar-refractivity contribution in [3.8, 4) is 0 Å². The number of hydrogen-bond donors (Lipinski definition) is 2. The van der Waals surface area contributed by atoms with Crippen LogP contribution in [-0.2, 0) is 4.79 Å². The average Bonchev–Trinajstić information content (AvgIpc) is 2.27. The lowest BCUT2D eigenvalue weighted by Gasteiger charge is -2.05. The third kappa shape index (κ3) is 4.54. The SMILES string of the molecule is O=C(O)CCCNC(=O)c1cc(Cl)nnc1Cl. The fraction of sp³-hybridized carbons (Fsp3) is 0.333. The highest BCUT2D eigenvalue weighted by Crippen LogP contribution is 2.14. The van der Waals surface area contributed by atoms with E-state index >= 15 is 0 Å². The molecular weight excluding hydrogens is 269 g/mol. The van der Waals surface area contributed by atoms with E-state index in [0.29, 0.717) is 6.42 Å². The molecule has 0 aliphatic heterocycles. The van der Waals surface area contributed by atoms with Gasteiger partial charge in [0, 0.05) is 13.0 Å². The van der Waals surface area contributed by atoms with Crippen LogP contribution in [0.1, 0.15) is 23.2 Å². The summed E-state index contributed by atoms with van der Waals surface area (Å²) >= 11 is 11.2. The number of nitrogens with one attached hydrogen (secondary N) is 1. The zero-order chi connectivity index (χ0) is 12.8. The second-order valence-corrected chi connectivity index (χ2v) is 3.87. The van der Waals surface area contributed by atoms with Gasteiger partial charge in [-0.25, -0.2) is 0 Å². The first-order chi connectivity index (χ1) is 8.00. The monoisotopic (exact) mass is 277 g/mol. The van der Waals surface area contributed by atoms with Gasteiger partial charge >= 0.3 is 5.97 Å². The minimum Gasteiger partial charge on any atom is -0.481 e. The van der Waals surface area contributed by atoms with Crippen molar-refractivity contribution in [2.24, 2.45) is 0 Å². The molecule has 2 N–H and O–H groups in total. The van der Waals surface area contributed by atoms with Crippen molar-refractivity contribution in [2.75, 3.05) is 6.54 Å². The standard InChI is InChI=1S/C9H9Cl2N3O3/c10-6-4-5(8(11)14-13-6)9(17)12-3-1-2-7(15)16/h4H,1-3H2,(H,12,17)(H,15,16). The molecule has 8 heteroatoms. The highest BCUT2D eigenvalue weighted by molar-refractivity contribution is 6.34. The summed E-state index contributed by atoms with van der Waals surface area (Å²) in [6.07, 6.45) is 0.328. The molecule has 1 amide bonds. The quantitative estimate of drug-likeness (QED) is 0.794. The van der Waals surface area contributed by atoms with E-state index < -0.39 is 11.9 Å². The lowest BCUT2D eigenvalue weighted by Crippen LogP contribution is -2.25. The number of hydrogen-bond acceptors (Lipinski definition) is 4. The predicted molar refractivity (Wildman–Crippen MR) is 61.3 cm³/mol. The van der Waals surface area contributed by atoms with Crippen LogP contribution in [0.2, 0.25) is 10.3 Å². The van der Waals surface area contributed by atoms with Gasteiger partial charge < -0.3 is 10.4 Å². The van der Waals surface area contributed by atoms with Gasteiger partial charge in [-0.3, -0.25) is 9.59 Å². The number of aliphatic carboxylic acids is 1.